The van der Waals surface area contributed by atoms with Crippen molar-refractivity contribution in [2.75, 3.05) is 0 Å². The van der Waals surface area contributed by atoms with Crippen LogP contribution < -0.4 is 0 Å². The maximum absolute atomic E-state index is 10.6. The van der Waals surface area contributed by atoms with Gasteiger partial charge >= 0.3 is 0 Å². The Labute approximate surface area is 107 Å². The number of aromatic amines is 1. The molecule has 0 radical (unpaired) electrons. The molecule has 1 aromatic carbocycles. The first-order valence-corrected chi connectivity index (χ1v) is 6.84. The SMILES string of the molecule is O=Cc1cc(Sc2cc3ccccc3[nH]2)cs1. The molecule has 0 spiro atoms. The number of hydrogen-bond acceptors (Lipinski definition) is 3. The lowest BCUT2D eigenvalue weighted by atomic mass is 10.3. The molecule has 2 aromatic heterocycles. The fraction of sp³-hybridized carbons (Fsp3) is 0. The third kappa shape index (κ3) is 2.14. The molecule has 3 rings (SSSR count). The second kappa shape index (κ2) is 4.39. The molecule has 0 saturated heterocycles. The van der Waals surface area contributed by atoms with Crippen molar-refractivity contribution in [1.29, 1.82) is 0 Å². The first-order valence-electron chi connectivity index (χ1n) is 5.14. The maximum atomic E-state index is 10.6. The highest BCUT2D eigenvalue weighted by Gasteiger charge is 2.04. The van der Waals surface area contributed by atoms with Gasteiger partial charge in [0, 0.05) is 21.2 Å². The number of H-pyrrole nitrogens is 1. The van der Waals surface area contributed by atoms with Gasteiger partial charge in [-0.25, -0.2) is 0 Å². The van der Waals surface area contributed by atoms with E-state index in [0.717, 1.165) is 26.6 Å². The van der Waals surface area contributed by atoms with E-state index in [1.54, 1.807) is 11.8 Å². The molecule has 1 N–H and O–H groups in total. The van der Waals surface area contributed by atoms with Gasteiger partial charge in [-0.05, 0) is 18.2 Å². The third-order valence-electron chi connectivity index (χ3n) is 2.44. The minimum atomic E-state index is 0.767. The summed E-state index contributed by atoms with van der Waals surface area (Å²) in [4.78, 5) is 15.8. The number of rotatable bonds is 3. The minimum absolute atomic E-state index is 0.767. The Morgan fingerprint density at radius 2 is 2.12 bits per heavy atom. The van der Waals surface area contributed by atoms with Crippen molar-refractivity contribution >= 4 is 40.3 Å². The van der Waals surface area contributed by atoms with E-state index in [9.17, 15) is 4.79 Å². The molecular formula is C13H9NOS2. The molecule has 2 heterocycles. The van der Waals surface area contributed by atoms with Gasteiger partial charge < -0.3 is 4.98 Å². The Morgan fingerprint density at radius 3 is 2.88 bits per heavy atom. The Morgan fingerprint density at radius 1 is 1.24 bits per heavy atom. The molecule has 3 aromatic rings. The van der Waals surface area contributed by atoms with Crippen molar-refractivity contribution in [3.05, 3.63) is 46.7 Å². The van der Waals surface area contributed by atoms with Gasteiger partial charge in [-0.3, -0.25) is 4.79 Å². The predicted octanol–water partition coefficient (Wildman–Crippen LogP) is 4.19. The van der Waals surface area contributed by atoms with Crippen molar-refractivity contribution in [3.63, 3.8) is 0 Å². The number of hydrogen-bond donors (Lipinski definition) is 1. The highest BCUT2D eigenvalue weighted by atomic mass is 32.2. The van der Waals surface area contributed by atoms with E-state index in [1.807, 2.05) is 23.6 Å². The van der Waals surface area contributed by atoms with E-state index < -0.39 is 0 Å². The Balaban J connectivity index is 1.91. The minimum Gasteiger partial charge on any atom is -0.349 e. The van der Waals surface area contributed by atoms with E-state index in [4.69, 9.17) is 0 Å². The molecule has 17 heavy (non-hydrogen) atoms. The fourth-order valence-corrected chi connectivity index (χ4v) is 3.45. The van der Waals surface area contributed by atoms with Gasteiger partial charge in [-0.15, -0.1) is 11.3 Å². The van der Waals surface area contributed by atoms with E-state index in [0.29, 0.717) is 0 Å². The van der Waals surface area contributed by atoms with Crippen LogP contribution in [0, 0.1) is 0 Å². The zero-order chi connectivity index (χ0) is 11.7. The summed E-state index contributed by atoms with van der Waals surface area (Å²) < 4.78 is 0. The number of benzene rings is 1. The maximum Gasteiger partial charge on any atom is 0.160 e. The number of carbonyl (C=O) groups excluding carboxylic acids is 1. The molecule has 0 atom stereocenters. The molecule has 0 bridgehead atoms. The summed E-state index contributed by atoms with van der Waals surface area (Å²) in [6.07, 6.45) is 0.889. The standard InChI is InChI=1S/C13H9NOS2/c15-7-10-6-11(8-16-10)17-13-5-9-3-1-2-4-12(9)14-13/h1-8,14H. The van der Waals surface area contributed by atoms with Gasteiger partial charge in [0.15, 0.2) is 6.29 Å². The lowest BCUT2D eigenvalue weighted by Gasteiger charge is -1.92. The van der Waals surface area contributed by atoms with E-state index in [-0.39, 0.29) is 0 Å². The van der Waals surface area contributed by atoms with Crippen molar-refractivity contribution in [1.82, 2.24) is 4.98 Å². The first-order chi connectivity index (χ1) is 8.35. The number of carbonyl (C=O) groups is 1. The van der Waals surface area contributed by atoms with Crippen LogP contribution in [-0.2, 0) is 0 Å². The number of aldehydes is 1. The molecule has 2 nitrogen and oxygen atoms in total. The third-order valence-corrected chi connectivity index (χ3v) is 4.36. The monoisotopic (exact) mass is 259 g/mol. The Kier molecular flexibility index (Phi) is 2.74. The van der Waals surface area contributed by atoms with Gasteiger partial charge in [0.2, 0.25) is 0 Å². The normalized spacial score (nSPS) is 10.8. The van der Waals surface area contributed by atoms with Crippen LogP contribution in [0.5, 0.6) is 0 Å². The lowest BCUT2D eigenvalue weighted by molar-refractivity contribution is 0.112. The second-order valence-electron chi connectivity index (χ2n) is 3.63. The number of fused-ring (bicyclic) bond motifs is 1. The molecule has 4 heteroatoms. The zero-order valence-corrected chi connectivity index (χ0v) is 10.5. The fourth-order valence-electron chi connectivity index (χ4n) is 1.68. The molecule has 0 aliphatic rings. The molecular weight excluding hydrogens is 250 g/mol. The number of aromatic nitrogens is 1. The van der Waals surface area contributed by atoms with Crippen LogP contribution in [0.25, 0.3) is 10.9 Å². The number of thiophene rings is 1. The molecule has 0 aliphatic heterocycles. The highest BCUT2D eigenvalue weighted by Crippen LogP contribution is 2.32. The molecule has 0 saturated carbocycles. The topological polar surface area (TPSA) is 32.9 Å². The van der Waals surface area contributed by atoms with Crippen LogP contribution in [0.1, 0.15) is 9.67 Å². The largest absolute Gasteiger partial charge is 0.349 e. The van der Waals surface area contributed by atoms with Gasteiger partial charge in [0.05, 0.1) is 9.90 Å². The van der Waals surface area contributed by atoms with Crippen LogP contribution in [-0.4, -0.2) is 11.3 Å². The zero-order valence-electron chi connectivity index (χ0n) is 8.84. The molecule has 0 fully saturated rings. The van der Waals surface area contributed by atoms with Crippen molar-refractivity contribution in [3.8, 4) is 0 Å². The highest BCUT2D eigenvalue weighted by molar-refractivity contribution is 7.99. The molecule has 0 amide bonds. The van der Waals surface area contributed by atoms with Crippen LogP contribution in [0.2, 0.25) is 0 Å². The Bertz CT molecular complexity index is 636. The molecule has 84 valence electrons. The van der Waals surface area contributed by atoms with Gasteiger partial charge in [-0.2, -0.15) is 0 Å². The lowest BCUT2D eigenvalue weighted by Crippen LogP contribution is -1.69. The summed E-state index contributed by atoms with van der Waals surface area (Å²) in [5.74, 6) is 0. The van der Waals surface area contributed by atoms with Gasteiger partial charge in [-0.1, -0.05) is 30.0 Å². The van der Waals surface area contributed by atoms with E-state index >= 15 is 0 Å². The summed E-state index contributed by atoms with van der Waals surface area (Å²) in [6, 6.07) is 12.2. The number of para-hydroxylation sites is 1. The van der Waals surface area contributed by atoms with Gasteiger partial charge in [0.1, 0.15) is 0 Å². The van der Waals surface area contributed by atoms with Gasteiger partial charge in [0.25, 0.3) is 0 Å². The summed E-state index contributed by atoms with van der Waals surface area (Å²) in [6.45, 7) is 0. The summed E-state index contributed by atoms with van der Waals surface area (Å²) in [5, 5.41) is 4.31. The Hall–Kier alpha value is -1.52. The molecule has 0 aliphatic carbocycles. The number of nitrogens with one attached hydrogen (secondary N) is 1. The molecule has 0 unspecified atom stereocenters. The second-order valence-corrected chi connectivity index (χ2v) is 5.68. The summed E-state index contributed by atoms with van der Waals surface area (Å²) >= 11 is 3.12. The van der Waals surface area contributed by atoms with Crippen LogP contribution >= 0.6 is 23.1 Å². The average molecular weight is 259 g/mol. The first kappa shape index (κ1) is 10.6. The predicted molar refractivity (Wildman–Crippen MR) is 72.1 cm³/mol. The summed E-state index contributed by atoms with van der Waals surface area (Å²) in [7, 11) is 0. The van der Waals surface area contributed by atoms with E-state index in [2.05, 4.69) is 23.2 Å². The van der Waals surface area contributed by atoms with Crippen molar-refractivity contribution < 1.29 is 4.79 Å². The summed E-state index contributed by atoms with van der Waals surface area (Å²) in [5.41, 5.74) is 1.14. The van der Waals surface area contributed by atoms with Crippen LogP contribution in [0.15, 0.2) is 51.7 Å². The quantitative estimate of drug-likeness (QED) is 0.715. The van der Waals surface area contributed by atoms with Crippen LogP contribution in [0.3, 0.4) is 0 Å². The van der Waals surface area contributed by atoms with Crippen molar-refractivity contribution in [2.24, 2.45) is 0 Å². The van der Waals surface area contributed by atoms with Crippen molar-refractivity contribution in [2.45, 2.75) is 9.92 Å². The van der Waals surface area contributed by atoms with Crippen LogP contribution in [0.4, 0.5) is 0 Å². The average Bonchev–Trinajstić information content (AvgIpc) is 2.94. The smallest absolute Gasteiger partial charge is 0.160 e. The van der Waals surface area contributed by atoms with E-state index in [1.165, 1.54) is 16.7 Å².